The highest BCUT2D eigenvalue weighted by Gasteiger charge is 2.26. The fourth-order valence-electron chi connectivity index (χ4n) is 3.71. The number of nitrogens with one attached hydrogen (secondary N) is 1. The highest BCUT2D eigenvalue weighted by Crippen LogP contribution is 2.22. The van der Waals surface area contributed by atoms with Crippen LogP contribution in [0.5, 0.6) is 0 Å². The normalized spacial score (nSPS) is 15.0. The van der Waals surface area contributed by atoms with Crippen molar-refractivity contribution in [3.8, 4) is 5.69 Å². The molecule has 8 heteroatoms. The van der Waals surface area contributed by atoms with Gasteiger partial charge in [0.05, 0.1) is 18.1 Å². The van der Waals surface area contributed by atoms with E-state index in [1.807, 2.05) is 38.1 Å². The summed E-state index contributed by atoms with van der Waals surface area (Å²) >= 11 is 0. The van der Waals surface area contributed by atoms with Crippen LogP contribution in [0.2, 0.25) is 0 Å². The van der Waals surface area contributed by atoms with Crippen LogP contribution in [0.25, 0.3) is 5.69 Å². The first-order valence-corrected chi connectivity index (χ1v) is 11.5. The molecule has 162 valence electrons. The molecule has 0 saturated carbocycles. The van der Waals surface area contributed by atoms with E-state index in [1.54, 1.807) is 24.3 Å². The number of rotatable bonds is 5. The van der Waals surface area contributed by atoms with Crippen LogP contribution < -0.4 is 5.32 Å². The predicted molar refractivity (Wildman–Crippen MR) is 119 cm³/mol. The summed E-state index contributed by atoms with van der Waals surface area (Å²) in [6.07, 6.45) is 0. The Balaban J connectivity index is 1.51. The molecule has 0 radical (unpaired) electrons. The number of carbonyl (C=O) groups excluding carboxylic acids is 1. The summed E-state index contributed by atoms with van der Waals surface area (Å²) in [5.41, 5.74) is 4.14. The average Bonchev–Trinajstić information content (AvgIpc) is 3.12. The quantitative estimate of drug-likeness (QED) is 0.661. The second kappa shape index (κ2) is 8.66. The second-order valence-corrected chi connectivity index (χ2v) is 9.43. The van der Waals surface area contributed by atoms with Gasteiger partial charge in [0.2, 0.25) is 10.0 Å². The van der Waals surface area contributed by atoms with Crippen LogP contribution in [0.15, 0.2) is 65.6 Å². The molecule has 4 rings (SSSR count). The van der Waals surface area contributed by atoms with Crippen LogP contribution in [0.1, 0.15) is 21.7 Å². The van der Waals surface area contributed by atoms with Gasteiger partial charge in [-0.25, -0.2) is 8.42 Å². The Hall–Kier alpha value is -2.94. The van der Waals surface area contributed by atoms with Gasteiger partial charge in [0, 0.05) is 41.4 Å². The number of amides is 1. The molecular weight excluding hydrogens is 414 g/mol. The Morgan fingerprint density at radius 3 is 2.23 bits per heavy atom. The van der Waals surface area contributed by atoms with Crippen molar-refractivity contribution in [2.45, 2.75) is 18.7 Å². The zero-order chi connectivity index (χ0) is 22.0. The molecule has 0 spiro atoms. The Morgan fingerprint density at radius 1 is 0.935 bits per heavy atom. The second-order valence-electron chi connectivity index (χ2n) is 7.50. The summed E-state index contributed by atoms with van der Waals surface area (Å²) in [4.78, 5) is 12.9. The molecule has 0 atom stereocenters. The molecule has 1 aromatic heterocycles. The maximum atomic E-state index is 12.9. The first-order valence-electron chi connectivity index (χ1n) is 10.1. The molecular formula is C23H25N3O4S. The minimum atomic E-state index is -3.62. The summed E-state index contributed by atoms with van der Waals surface area (Å²) in [7, 11) is -3.62. The van der Waals surface area contributed by atoms with Crippen LogP contribution in [-0.2, 0) is 14.8 Å². The number of carbonyl (C=O) groups is 1. The van der Waals surface area contributed by atoms with Crippen molar-refractivity contribution in [2.75, 3.05) is 31.6 Å². The number of hydrogen-bond donors (Lipinski definition) is 1. The molecule has 1 N–H and O–H groups in total. The number of hydrogen-bond acceptors (Lipinski definition) is 4. The molecule has 1 aliphatic heterocycles. The number of anilines is 1. The molecule has 7 nitrogen and oxygen atoms in total. The summed E-state index contributed by atoms with van der Waals surface area (Å²) < 4.78 is 34.5. The SMILES string of the molecule is Cc1ccc(C)n1-c1ccc(C(=O)Nc2cccc(S(=O)(=O)N3CCOCC3)c2)cc1. The lowest BCUT2D eigenvalue weighted by Gasteiger charge is -2.26. The van der Waals surface area contributed by atoms with Crippen LogP contribution in [0.4, 0.5) is 5.69 Å². The van der Waals surface area contributed by atoms with Gasteiger partial charge >= 0.3 is 0 Å². The maximum absolute atomic E-state index is 12.9. The van der Waals surface area contributed by atoms with Crippen LogP contribution in [0.3, 0.4) is 0 Å². The Bertz CT molecular complexity index is 1170. The first kappa shape index (κ1) is 21.3. The van der Waals surface area contributed by atoms with Crippen LogP contribution >= 0.6 is 0 Å². The molecule has 1 fully saturated rings. The standard InChI is InChI=1S/C23H25N3O4S/c1-17-6-7-18(2)26(17)21-10-8-19(9-11-21)23(27)24-20-4-3-5-22(16-20)31(28,29)25-12-14-30-15-13-25/h3-11,16H,12-15H2,1-2H3,(H,24,27). The van der Waals surface area contributed by atoms with E-state index in [-0.39, 0.29) is 10.8 Å². The number of aryl methyl sites for hydroxylation is 2. The van der Waals surface area contributed by atoms with Gasteiger partial charge < -0.3 is 14.6 Å². The molecule has 0 bridgehead atoms. The van der Waals surface area contributed by atoms with E-state index in [0.29, 0.717) is 37.6 Å². The summed E-state index contributed by atoms with van der Waals surface area (Å²) in [6.45, 7) is 5.48. The van der Waals surface area contributed by atoms with Crippen LogP contribution in [0, 0.1) is 13.8 Å². The zero-order valence-corrected chi connectivity index (χ0v) is 18.4. The van der Waals surface area contributed by atoms with Gasteiger partial charge in [-0.15, -0.1) is 0 Å². The lowest BCUT2D eigenvalue weighted by Crippen LogP contribution is -2.40. The number of benzene rings is 2. The zero-order valence-electron chi connectivity index (χ0n) is 17.5. The van der Waals surface area contributed by atoms with Crippen molar-refractivity contribution < 1.29 is 17.9 Å². The fourth-order valence-corrected chi connectivity index (χ4v) is 5.17. The number of aromatic nitrogens is 1. The third-order valence-electron chi connectivity index (χ3n) is 5.36. The van der Waals surface area contributed by atoms with Gasteiger partial charge in [-0.1, -0.05) is 6.07 Å². The molecule has 2 heterocycles. The molecule has 0 aliphatic carbocycles. The van der Waals surface area contributed by atoms with Gasteiger partial charge in [0.25, 0.3) is 5.91 Å². The highest BCUT2D eigenvalue weighted by atomic mass is 32.2. The third-order valence-corrected chi connectivity index (χ3v) is 7.25. The van der Waals surface area contributed by atoms with Gasteiger partial charge in [0.15, 0.2) is 0 Å². The summed E-state index contributed by atoms with van der Waals surface area (Å²) in [6, 6.07) is 17.8. The molecule has 3 aromatic rings. The first-order chi connectivity index (χ1) is 14.9. The smallest absolute Gasteiger partial charge is 0.255 e. The lowest BCUT2D eigenvalue weighted by atomic mass is 10.2. The van der Waals surface area contributed by atoms with Crippen molar-refractivity contribution in [3.63, 3.8) is 0 Å². The fraction of sp³-hybridized carbons (Fsp3) is 0.261. The molecule has 1 aliphatic rings. The number of sulfonamides is 1. The highest BCUT2D eigenvalue weighted by molar-refractivity contribution is 7.89. The van der Waals surface area contributed by atoms with Crippen molar-refractivity contribution in [1.82, 2.24) is 8.87 Å². The lowest BCUT2D eigenvalue weighted by molar-refractivity contribution is 0.0730. The molecule has 1 amide bonds. The molecule has 31 heavy (non-hydrogen) atoms. The van der Waals surface area contributed by atoms with Crippen molar-refractivity contribution in [2.24, 2.45) is 0 Å². The topological polar surface area (TPSA) is 80.6 Å². The van der Waals surface area contributed by atoms with Gasteiger partial charge in [-0.3, -0.25) is 4.79 Å². The number of nitrogens with zero attached hydrogens (tertiary/aromatic N) is 2. The number of morpholine rings is 1. The van der Waals surface area contributed by atoms with Crippen LogP contribution in [-0.4, -0.2) is 49.5 Å². The predicted octanol–water partition coefficient (Wildman–Crippen LogP) is 3.37. The van der Waals surface area contributed by atoms with Crippen molar-refractivity contribution in [1.29, 1.82) is 0 Å². The number of ether oxygens (including phenoxy) is 1. The third kappa shape index (κ3) is 4.41. The summed E-state index contributed by atoms with van der Waals surface area (Å²) in [5, 5.41) is 2.80. The van der Waals surface area contributed by atoms with E-state index in [1.165, 1.54) is 16.4 Å². The summed E-state index contributed by atoms with van der Waals surface area (Å²) in [5.74, 6) is -0.298. The van der Waals surface area contributed by atoms with Crippen molar-refractivity contribution >= 4 is 21.6 Å². The molecule has 2 aromatic carbocycles. The average molecular weight is 440 g/mol. The minimum Gasteiger partial charge on any atom is -0.379 e. The van der Waals surface area contributed by atoms with Gasteiger partial charge in [-0.2, -0.15) is 4.31 Å². The van der Waals surface area contributed by atoms with E-state index >= 15 is 0 Å². The van der Waals surface area contributed by atoms with Crippen molar-refractivity contribution in [3.05, 3.63) is 77.6 Å². The van der Waals surface area contributed by atoms with Gasteiger partial charge in [0.1, 0.15) is 0 Å². The largest absolute Gasteiger partial charge is 0.379 e. The van der Waals surface area contributed by atoms with E-state index < -0.39 is 10.0 Å². The van der Waals surface area contributed by atoms with E-state index in [2.05, 4.69) is 9.88 Å². The maximum Gasteiger partial charge on any atom is 0.255 e. The Morgan fingerprint density at radius 2 is 1.58 bits per heavy atom. The van der Waals surface area contributed by atoms with E-state index in [4.69, 9.17) is 4.74 Å². The minimum absolute atomic E-state index is 0.154. The van der Waals surface area contributed by atoms with Gasteiger partial charge in [-0.05, 0) is 68.4 Å². The van der Waals surface area contributed by atoms with E-state index in [0.717, 1.165) is 17.1 Å². The van der Waals surface area contributed by atoms with E-state index in [9.17, 15) is 13.2 Å². The molecule has 0 unspecified atom stereocenters. The Kier molecular flexibility index (Phi) is 5.95. The molecule has 1 saturated heterocycles. The monoisotopic (exact) mass is 439 g/mol. The Labute approximate surface area is 182 Å².